The van der Waals surface area contributed by atoms with Crippen LogP contribution in [0.1, 0.15) is 32.0 Å². The first-order valence-corrected chi connectivity index (χ1v) is 9.83. The summed E-state index contributed by atoms with van der Waals surface area (Å²) in [7, 11) is 0. The lowest BCUT2D eigenvalue weighted by Crippen LogP contribution is -2.07. The minimum absolute atomic E-state index is 0.0819. The van der Waals surface area contributed by atoms with Crippen LogP contribution in [0.5, 0.6) is 11.5 Å². The van der Waals surface area contributed by atoms with E-state index in [0.717, 1.165) is 0 Å². The predicted octanol–water partition coefficient (Wildman–Crippen LogP) is 3.40. The Morgan fingerprint density at radius 3 is 2.69 bits per heavy atom. The monoisotopic (exact) mass is 422 g/mol. The highest BCUT2D eigenvalue weighted by Crippen LogP contribution is 2.38. The first-order valence-electron chi connectivity index (χ1n) is 8.95. The molecule has 0 saturated carbocycles. The number of hydrogen-bond acceptors (Lipinski definition) is 10. The second-order valence-corrected chi connectivity index (χ2v) is 6.34. The van der Waals surface area contributed by atoms with Gasteiger partial charge in [-0.25, -0.2) is 4.98 Å². The normalized spacial score (nSPS) is 10.7. The van der Waals surface area contributed by atoms with E-state index in [1.54, 1.807) is 32.2 Å². The molecule has 1 aromatic carbocycles. The first kappa shape index (κ1) is 22.1. The number of hydrogen-bond donors (Lipinski definition) is 1. The van der Waals surface area contributed by atoms with Crippen molar-refractivity contribution in [1.82, 2.24) is 4.98 Å². The van der Waals surface area contributed by atoms with Crippen molar-refractivity contribution in [2.24, 2.45) is 5.10 Å². The molecule has 0 aliphatic carbocycles. The fraction of sp³-hybridized carbons (Fsp3) is 0.389. The van der Waals surface area contributed by atoms with Crippen molar-refractivity contribution in [2.45, 2.75) is 27.2 Å². The number of aromatic nitrogens is 1. The smallest absolute Gasteiger partial charge is 0.315 e. The number of ether oxygens (including phenoxy) is 3. The van der Waals surface area contributed by atoms with Gasteiger partial charge in [-0.3, -0.25) is 20.3 Å². The van der Waals surface area contributed by atoms with E-state index in [1.165, 1.54) is 23.6 Å². The number of thiazole rings is 1. The minimum atomic E-state index is -0.527. The van der Waals surface area contributed by atoms with Crippen molar-refractivity contribution in [3.8, 4) is 11.5 Å². The molecular formula is C18H22N4O6S. The standard InChI is InChI=1S/C18H22N4O6S/c1-4-26-15-8-12(7-14(22(24)25)17(15)28-6-3)10-19-21-18-20-13(11-29-18)9-16(23)27-5-2/h7-8,10-11H,4-6,9H2,1-3H3,(H,20,21)/b19-10-. The number of nitrogens with zero attached hydrogens (tertiary/aromatic N) is 3. The van der Waals surface area contributed by atoms with E-state index >= 15 is 0 Å². The van der Waals surface area contributed by atoms with E-state index in [2.05, 4.69) is 15.5 Å². The van der Waals surface area contributed by atoms with Crippen molar-refractivity contribution in [1.29, 1.82) is 0 Å². The third kappa shape index (κ3) is 6.42. The molecule has 0 unspecified atom stereocenters. The average molecular weight is 422 g/mol. The van der Waals surface area contributed by atoms with Crippen LogP contribution in [-0.4, -0.2) is 41.9 Å². The molecule has 0 aliphatic heterocycles. The third-order valence-electron chi connectivity index (χ3n) is 3.40. The molecule has 1 heterocycles. The van der Waals surface area contributed by atoms with E-state index in [-0.39, 0.29) is 36.2 Å². The van der Waals surface area contributed by atoms with Crippen LogP contribution in [0.25, 0.3) is 0 Å². The maximum Gasteiger partial charge on any atom is 0.315 e. The number of carbonyl (C=O) groups excluding carboxylic acids is 1. The second kappa shape index (κ2) is 11.0. The Labute approximate surface area is 171 Å². The third-order valence-corrected chi connectivity index (χ3v) is 4.19. The minimum Gasteiger partial charge on any atom is -0.490 e. The Balaban J connectivity index is 2.14. The van der Waals surface area contributed by atoms with Crippen LogP contribution in [0, 0.1) is 10.1 Å². The van der Waals surface area contributed by atoms with Crippen LogP contribution in [0.2, 0.25) is 0 Å². The average Bonchev–Trinajstić information content (AvgIpc) is 3.11. The van der Waals surface area contributed by atoms with E-state index in [1.807, 2.05) is 0 Å². The van der Waals surface area contributed by atoms with Crippen molar-refractivity contribution < 1.29 is 23.9 Å². The van der Waals surface area contributed by atoms with Gasteiger partial charge in [0.2, 0.25) is 10.9 Å². The molecule has 0 saturated heterocycles. The van der Waals surface area contributed by atoms with Crippen LogP contribution >= 0.6 is 11.3 Å². The topological polar surface area (TPSA) is 125 Å². The highest BCUT2D eigenvalue weighted by Gasteiger charge is 2.22. The van der Waals surface area contributed by atoms with Crippen LogP contribution in [0.15, 0.2) is 22.6 Å². The molecule has 0 spiro atoms. The molecule has 2 rings (SSSR count). The van der Waals surface area contributed by atoms with E-state index in [9.17, 15) is 14.9 Å². The van der Waals surface area contributed by atoms with Gasteiger partial charge in [0, 0.05) is 17.0 Å². The Kier molecular flexibility index (Phi) is 8.34. The lowest BCUT2D eigenvalue weighted by atomic mass is 10.2. The molecule has 0 amide bonds. The molecule has 0 fully saturated rings. The van der Waals surface area contributed by atoms with E-state index < -0.39 is 4.92 Å². The van der Waals surface area contributed by atoms with Gasteiger partial charge in [-0.1, -0.05) is 0 Å². The largest absolute Gasteiger partial charge is 0.490 e. The number of nitrogens with one attached hydrogen (secondary N) is 1. The fourth-order valence-corrected chi connectivity index (χ4v) is 2.99. The first-order chi connectivity index (χ1) is 14.0. The van der Waals surface area contributed by atoms with Gasteiger partial charge in [0.1, 0.15) is 0 Å². The molecule has 1 N–H and O–H groups in total. The lowest BCUT2D eigenvalue weighted by molar-refractivity contribution is -0.385. The number of nitro groups is 1. The Morgan fingerprint density at radius 2 is 2.03 bits per heavy atom. The number of benzene rings is 1. The molecule has 1 aromatic heterocycles. The van der Waals surface area contributed by atoms with Crippen LogP contribution in [0.3, 0.4) is 0 Å². The maximum absolute atomic E-state index is 11.5. The van der Waals surface area contributed by atoms with Crippen molar-refractivity contribution >= 4 is 34.3 Å². The highest BCUT2D eigenvalue weighted by molar-refractivity contribution is 7.13. The van der Waals surface area contributed by atoms with Gasteiger partial charge in [0.05, 0.1) is 43.1 Å². The van der Waals surface area contributed by atoms with Gasteiger partial charge in [-0.05, 0) is 26.8 Å². The Morgan fingerprint density at radius 1 is 1.28 bits per heavy atom. The summed E-state index contributed by atoms with van der Waals surface area (Å²) in [6, 6.07) is 2.97. The van der Waals surface area contributed by atoms with Crippen molar-refractivity contribution in [2.75, 3.05) is 25.2 Å². The summed E-state index contributed by atoms with van der Waals surface area (Å²) in [5.74, 6) is 0.0157. The second-order valence-electron chi connectivity index (χ2n) is 5.49. The summed E-state index contributed by atoms with van der Waals surface area (Å²) in [5.41, 5.74) is 3.57. The number of anilines is 1. The quantitative estimate of drug-likeness (QED) is 0.253. The number of esters is 1. The van der Waals surface area contributed by atoms with Crippen molar-refractivity contribution in [3.05, 3.63) is 38.9 Å². The fourth-order valence-electron chi connectivity index (χ4n) is 2.33. The SMILES string of the molecule is CCOC(=O)Cc1csc(N/N=C\c2cc(OCC)c(OCC)c([N+](=O)[O-])c2)n1. The molecule has 0 radical (unpaired) electrons. The molecule has 10 nitrogen and oxygen atoms in total. The Hall–Kier alpha value is -3.21. The van der Waals surface area contributed by atoms with Gasteiger partial charge in [-0.2, -0.15) is 5.10 Å². The molecular weight excluding hydrogens is 400 g/mol. The predicted molar refractivity (Wildman–Crippen MR) is 109 cm³/mol. The summed E-state index contributed by atoms with van der Waals surface area (Å²) in [4.78, 5) is 26.6. The molecule has 2 aromatic rings. The molecule has 29 heavy (non-hydrogen) atoms. The number of rotatable bonds is 11. The van der Waals surface area contributed by atoms with Crippen LogP contribution in [-0.2, 0) is 16.0 Å². The zero-order chi connectivity index (χ0) is 21.2. The van der Waals surface area contributed by atoms with Crippen LogP contribution < -0.4 is 14.9 Å². The van der Waals surface area contributed by atoms with Gasteiger partial charge >= 0.3 is 11.7 Å². The lowest BCUT2D eigenvalue weighted by Gasteiger charge is -2.11. The summed E-state index contributed by atoms with van der Waals surface area (Å²) >= 11 is 1.28. The molecule has 0 atom stereocenters. The number of carbonyl (C=O) groups is 1. The molecule has 156 valence electrons. The van der Waals surface area contributed by atoms with E-state index in [0.29, 0.717) is 29.6 Å². The number of nitro benzene ring substituents is 1. The summed E-state index contributed by atoms with van der Waals surface area (Å²) < 4.78 is 15.8. The summed E-state index contributed by atoms with van der Waals surface area (Å²) in [6.45, 7) is 6.18. The van der Waals surface area contributed by atoms with Crippen molar-refractivity contribution in [3.63, 3.8) is 0 Å². The zero-order valence-corrected chi connectivity index (χ0v) is 17.2. The zero-order valence-electron chi connectivity index (χ0n) is 16.3. The molecule has 11 heteroatoms. The maximum atomic E-state index is 11.5. The Bertz CT molecular complexity index is 883. The van der Waals surface area contributed by atoms with Gasteiger partial charge in [0.25, 0.3) is 0 Å². The summed E-state index contributed by atoms with van der Waals surface area (Å²) in [6.07, 6.45) is 1.50. The van der Waals surface area contributed by atoms with Crippen LogP contribution in [0.4, 0.5) is 10.8 Å². The van der Waals surface area contributed by atoms with Gasteiger partial charge in [-0.15, -0.1) is 11.3 Å². The van der Waals surface area contributed by atoms with E-state index in [4.69, 9.17) is 14.2 Å². The van der Waals surface area contributed by atoms with Gasteiger partial charge < -0.3 is 14.2 Å². The molecule has 0 bridgehead atoms. The molecule has 0 aliphatic rings. The number of hydrazone groups is 1. The summed E-state index contributed by atoms with van der Waals surface area (Å²) in [5, 5.41) is 17.7. The van der Waals surface area contributed by atoms with Gasteiger partial charge in [0.15, 0.2) is 5.75 Å². The highest BCUT2D eigenvalue weighted by atomic mass is 32.1.